The number of benzene rings is 2. The van der Waals surface area contributed by atoms with Crippen molar-refractivity contribution in [1.29, 1.82) is 0 Å². The second-order valence-electron chi connectivity index (χ2n) is 4.61. The van der Waals surface area contributed by atoms with Crippen LogP contribution in [0, 0.1) is 6.42 Å². The molecule has 3 rings (SSSR count). The Morgan fingerprint density at radius 1 is 0.850 bits per heavy atom. The molecule has 1 aliphatic carbocycles. The van der Waals surface area contributed by atoms with E-state index < -0.39 is 10.0 Å². The van der Waals surface area contributed by atoms with Gasteiger partial charge in [-0.05, 0) is 23.3 Å². The maximum atomic E-state index is 12.2. The third-order valence-electron chi connectivity index (χ3n) is 3.18. The number of sulfonamides is 1. The van der Waals surface area contributed by atoms with Gasteiger partial charge in [-0.2, -0.15) is 0 Å². The number of hydrogen-bond donors (Lipinski definition) is 1. The van der Waals surface area contributed by atoms with Crippen molar-refractivity contribution in [2.24, 2.45) is 0 Å². The Balaban J connectivity index is 1.81. The van der Waals surface area contributed by atoms with Crippen molar-refractivity contribution in [3.05, 3.63) is 78.2 Å². The predicted molar refractivity (Wildman–Crippen MR) is 79.4 cm³/mol. The van der Waals surface area contributed by atoms with E-state index in [1.54, 1.807) is 30.3 Å². The van der Waals surface area contributed by atoms with Gasteiger partial charge < -0.3 is 0 Å². The summed E-state index contributed by atoms with van der Waals surface area (Å²) < 4.78 is 27.2. The third kappa shape index (κ3) is 2.66. The topological polar surface area (TPSA) is 46.2 Å². The largest absolute Gasteiger partial charge is 0.241 e. The Bertz CT molecular complexity index is 736. The molecule has 3 nitrogen and oxygen atoms in total. The van der Waals surface area contributed by atoms with Gasteiger partial charge >= 0.3 is 0 Å². The van der Waals surface area contributed by atoms with Crippen molar-refractivity contribution in [2.45, 2.75) is 10.9 Å². The average Bonchev–Trinajstić information content (AvgIpc) is 2.48. The lowest BCUT2D eigenvalue weighted by atomic mass is 9.95. The van der Waals surface area contributed by atoms with Gasteiger partial charge in [-0.3, -0.25) is 0 Å². The summed E-state index contributed by atoms with van der Waals surface area (Å²) in [6.07, 6.45) is 5.70. The van der Waals surface area contributed by atoms with Crippen molar-refractivity contribution >= 4 is 16.1 Å². The van der Waals surface area contributed by atoms with Crippen molar-refractivity contribution in [3.8, 4) is 0 Å². The molecule has 0 unspecified atom stereocenters. The van der Waals surface area contributed by atoms with Gasteiger partial charge in [0, 0.05) is 12.5 Å². The van der Waals surface area contributed by atoms with E-state index in [1.165, 1.54) is 0 Å². The molecule has 101 valence electrons. The summed E-state index contributed by atoms with van der Waals surface area (Å²) in [5.41, 5.74) is 2.14. The highest BCUT2D eigenvalue weighted by atomic mass is 32.2. The second-order valence-corrected chi connectivity index (χ2v) is 6.33. The quantitative estimate of drug-likeness (QED) is 0.941. The van der Waals surface area contributed by atoms with Crippen LogP contribution in [-0.2, 0) is 10.0 Å². The first-order valence-corrected chi connectivity index (χ1v) is 7.83. The van der Waals surface area contributed by atoms with Crippen LogP contribution in [0.5, 0.6) is 0 Å². The Labute approximate surface area is 119 Å². The van der Waals surface area contributed by atoms with E-state index in [-0.39, 0.29) is 10.9 Å². The Morgan fingerprint density at radius 3 is 2.25 bits per heavy atom. The zero-order valence-corrected chi connectivity index (χ0v) is 11.5. The molecule has 0 spiro atoms. The monoisotopic (exact) mass is 284 g/mol. The molecule has 2 aromatic rings. The zero-order valence-electron chi connectivity index (χ0n) is 10.7. The first-order chi connectivity index (χ1) is 9.65. The van der Waals surface area contributed by atoms with Gasteiger partial charge in [-0.1, -0.05) is 54.6 Å². The van der Waals surface area contributed by atoms with Crippen LogP contribution in [0.3, 0.4) is 0 Å². The Hall–Kier alpha value is -1.91. The minimum atomic E-state index is -3.49. The van der Waals surface area contributed by atoms with Crippen molar-refractivity contribution in [2.75, 3.05) is 0 Å². The van der Waals surface area contributed by atoms with Gasteiger partial charge in [0.1, 0.15) is 0 Å². The minimum Gasteiger partial charge on any atom is -0.207 e. The lowest BCUT2D eigenvalue weighted by Gasteiger charge is -2.20. The summed E-state index contributed by atoms with van der Waals surface area (Å²) >= 11 is 0. The Morgan fingerprint density at radius 2 is 1.50 bits per heavy atom. The third-order valence-corrected chi connectivity index (χ3v) is 4.66. The molecule has 0 bridgehead atoms. The maximum Gasteiger partial charge on any atom is 0.241 e. The fraction of sp³-hybridized carbons (Fsp3) is 0.0625. The van der Waals surface area contributed by atoms with Crippen LogP contribution in [-0.4, -0.2) is 14.5 Å². The number of rotatable bonds is 3. The van der Waals surface area contributed by atoms with Gasteiger partial charge in [-0.15, -0.1) is 0 Å². The first kappa shape index (κ1) is 13.1. The molecule has 0 saturated heterocycles. The van der Waals surface area contributed by atoms with Crippen LogP contribution in [0.15, 0.2) is 65.6 Å². The van der Waals surface area contributed by atoms with E-state index in [0.717, 1.165) is 11.1 Å². The van der Waals surface area contributed by atoms with Crippen LogP contribution < -0.4 is 4.72 Å². The Kier molecular flexibility index (Phi) is 3.42. The fourth-order valence-corrected chi connectivity index (χ4v) is 3.35. The standard InChI is InChI=1S/C16H14NO2S/c18-20(19,16-8-2-1-3-9-16)17-15-11-10-13-6-4-5-7-14(13)12-15/h1-12,15,17H/t15-/m1/s1. The van der Waals surface area contributed by atoms with E-state index in [9.17, 15) is 8.42 Å². The normalized spacial score (nSPS) is 17.7. The number of nitrogens with one attached hydrogen (secondary N) is 1. The molecule has 20 heavy (non-hydrogen) atoms. The molecule has 0 aromatic heterocycles. The zero-order chi connectivity index (χ0) is 14.0. The van der Waals surface area contributed by atoms with Crippen molar-refractivity contribution < 1.29 is 8.42 Å². The summed E-state index contributed by atoms with van der Waals surface area (Å²) in [6.45, 7) is 0. The van der Waals surface area contributed by atoms with Gasteiger partial charge in [-0.25, -0.2) is 13.1 Å². The van der Waals surface area contributed by atoms with Crippen LogP contribution in [0.1, 0.15) is 11.1 Å². The average molecular weight is 284 g/mol. The van der Waals surface area contributed by atoms with Crippen LogP contribution in [0.4, 0.5) is 0 Å². The van der Waals surface area contributed by atoms with E-state index in [2.05, 4.69) is 4.72 Å². The van der Waals surface area contributed by atoms with E-state index in [1.807, 2.05) is 42.8 Å². The summed E-state index contributed by atoms with van der Waals surface area (Å²) in [4.78, 5) is 0.278. The molecule has 1 radical (unpaired) electrons. The molecule has 1 atom stereocenters. The van der Waals surface area contributed by atoms with Crippen LogP contribution >= 0.6 is 0 Å². The summed E-state index contributed by atoms with van der Waals surface area (Å²) in [5.74, 6) is 0. The molecule has 1 N–H and O–H groups in total. The molecule has 0 fully saturated rings. The molecular formula is C16H14NO2S. The van der Waals surface area contributed by atoms with E-state index in [4.69, 9.17) is 0 Å². The highest BCUT2D eigenvalue weighted by Gasteiger charge is 2.21. The molecule has 4 heteroatoms. The predicted octanol–water partition coefficient (Wildman–Crippen LogP) is 2.61. The van der Waals surface area contributed by atoms with Crippen LogP contribution in [0.25, 0.3) is 6.08 Å². The molecule has 0 amide bonds. The fourth-order valence-electron chi connectivity index (χ4n) is 2.19. The molecular weight excluding hydrogens is 270 g/mol. The first-order valence-electron chi connectivity index (χ1n) is 6.35. The van der Waals surface area contributed by atoms with E-state index in [0.29, 0.717) is 0 Å². The molecule has 0 saturated carbocycles. The molecule has 1 aliphatic rings. The van der Waals surface area contributed by atoms with Crippen LogP contribution in [0.2, 0.25) is 0 Å². The summed E-state index contributed by atoms with van der Waals surface area (Å²) in [7, 11) is -3.49. The maximum absolute atomic E-state index is 12.2. The van der Waals surface area contributed by atoms with Gasteiger partial charge in [0.15, 0.2) is 0 Å². The van der Waals surface area contributed by atoms with E-state index >= 15 is 0 Å². The molecule has 2 aromatic carbocycles. The summed E-state index contributed by atoms with van der Waals surface area (Å²) in [5, 5.41) is 0. The highest BCUT2D eigenvalue weighted by Crippen LogP contribution is 2.21. The molecule has 0 aliphatic heterocycles. The number of fused-ring (bicyclic) bond motifs is 1. The lowest BCUT2D eigenvalue weighted by molar-refractivity contribution is 0.578. The molecule has 0 heterocycles. The van der Waals surface area contributed by atoms with Crippen molar-refractivity contribution in [1.82, 2.24) is 4.72 Å². The van der Waals surface area contributed by atoms with Crippen molar-refractivity contribution in [3.63, 3.8) is 0 Å². The smallest absolute Gasteiger partial charge is 0.207 e. The lowest BCUT2D eigenvalue weighted by Crippen LogP contribution is -2.35. The minimum absolute atomic E-state index is 0.278. The summed E-state index contributed by atoms with van der Waals surface area (Å²) in [6, 6.07) is 16.0. The SMILES string of the molecule is O=S(=O)(N[C@H]1[CH]c2ccccc2C=C1)c1ccccc1. The van der Waals surface area contributed by atoms with Gasteiger partial charge in [0.25, 0.3) is 0 Å². The van der Waals surface area contributed by atoms with Gasteiger partial charge in [0.05, 0.1) is 4.90 Å². The van der Waals surface area contributed by atoms with Gasteiger partial charge in [0.2, 0.25) is 10.0 Å². The highest BCUT2D eigenvalue weighted by molar-refractivity contribution is 7.89. The number of hydrogen-bond acceptors (Lipinski definition) is 2. The second kappa shape index (κ2) is 5.23.